The van der Waals surface area contributed by atoms with Gasteiger partial charge in [-0.15, -0.1) is 0 Å². The molecule has 128 valence electrons. The van der Waals surface area contributed by atoms with Crippen LogP contribution in [0.25, 0.3) is 0 Å². The molecule has 0 aliphatic rings. The Labute approximate surface area is 151 Å². The van der Waals surface area contributed by atoms with E-state index in [1.54, 1.807) is 26.0 Å². The molecule has 0 saturated heterocycles. The standard InChI is InChI=1S/C16H16Cl2N2O3S/c1-10(2)20-24(22,23)13-5-3-4-11(8-13)16(21)19-15-7-6-12(17)9-14(15)18/h3-10,20H,1-2H3,(H,19,21). The highest BCUT2D eigenvalue weighted by molar-refractivity contribution is 7.89. The lowest BCUT2D eigenvalue weighted by molar-refractivity contribution is 0.102. The summed E-state index contributed by atoms with van der Waals surface area (Å²) in [5.41, 5.74) is 0.590. The third-order valence-electron chi connectivity index (χ3n) is 2.98. The smallest absolute Gasteiger partial charge is 0.255 e. The van der Waals surface area contributed by atoms with Gasteiger partial charge in [-0.05, 0) is 50.2 Å². The number of benzene rings is 2. The lowest BCUT2D eigenvalue weighted by Crippen LogP contribution is -2.30. The van der Waals surface area contributed by atoms with E-state index in [1.165, 1.54) is 30.3 Å². The van der Waals surface area contributed by atoms with Crippen LogP contribution >= 0.6 is 23.2 Å². The predicted molar refractivity (Wildman–Crippen MR) is 96.3 cm³/mol. The van der Waals surface area contributed by atoms with Crippen molar-refractivity contribution < 1.29 is 13.2 Å². The molecule has 8 heteroatoms. The zero-order valence-electron chi connectivity index (χ0n) is 13.0. The quantitative estimate of drug-likeness (QED) is 0.816. The van der Waals surface area contributed by atoms with Gasteiger partial charge >= 0.3 is 0 Å². The van der Waals surface area contributed by atoms with Gasteiger partial charge in [-0.25, -0.2) is 13.1 Å². The van der Waals surface area contributed by atoms with Gasteiger partial charge in [0.15, 0.2) is 0 Å². The molecule has 5 nitrogen and oxygen atoms in total. The Kier molecular flexibility index (Phi) is 5.87. The van der Waals surface area contributed by atoms with Crippen LogP contribution in [0.5, 0.6) is 0 Å². The van der Waals surface area contributed by atoms with Crippen LogP contribution in [0.15, 0.2) is 47.4 Å². The SMILES string of the molecule is CC(C)NS(=O)(=O)c1cccc(C(=O)Nc2ccc(Cl)cc2Cl)c1. The van der Waals surface area contributed by atoms with Crippen LogP contribution in [-0.4, -0.2) is 20.4 Å². The van der Waals surface area contributed by atoms with Crippen molar-refractivity contribution in [1.82, 2.24) is 4.72 Å². The van der Waals surface area contributed by atoms with Crippen LogP contribution in [0, 0.1) is 0 Å². The van der Waals surface area contributed by atoms with E-state index in [1.807, 2.05) is 0 Å². The molecule has 0 unspecified atom stereocenters. The van der Waals surface area contributed by atoms with Gasteiger partial charge in [0.2, 0.25) is 10.0 Å². The van der Waals surface area contributed by atoms with E-state index in [4.69, 9.17) is 23.2 Å². The van der Waals surface area contributed by atoms with Gasteiger partial charge in [-0.1, -0.05) is 29.3 Å². The molecule has 0 heterocycles. The molecule has 2 aromatic rings. The number of carbonyl (C=O) groups is 1. The highest BCUT2D eigenvalue weighted by Gasteiger charge is 2.17. The number of nitrogens with one attached hydrogen (secondary N) is 2. The first-order chi connectivity index (χ1) is 11.2. The Bertz CT molecular complexity index is 867. The number of rotatable bonds is 5. The van der Waals surface area contributed by atoms with Crippen molar-refractivity contribution in [2.75, 3.05) is 5.32 Å². The van der Waals surface area contributed by atoms with Gasteiger partial charge in [0, 0.05) is 16.6 Å². The molecule has 0 aliphatic heterocycles. The van der Waals surface area contributed by atoms with Gasteiger partial charge in [-0.3, -0.25) is 4.79 Å². The van der Waals surface area contributed by atoms with Gasteiger partial charge in [0.1, 0.15) is 0 Å². The summed E-state index contributed by atoms with van der Waals surface area (Å²) in [4.78, 5) is 12.4. The Morgan fingerprint density at radius 3 is 2.42 bits per heavy atom. The number of hydrogen-bond donors (Lipinski definition) is 2. The first kappa shape index (κ1) is 18.7. The van der Waals surface area contributed by atoms with Crippen molar-refractivity contribution in [3.8, 4) is 0 Å². The number of anilines is 1. The van der Waals surface area contributed by atoms with Gasteiger partial charge in [0.25, 0.3) is 5.91 Å². The van der Waals surface area contributed by atoms with E-state index in [0.29, 0.717) is 15.7 Å². The summed E-state index contributed by atoms with van der Waals surface area (Å²) in [5.74, 6) is -0.471. The van der Waals surface area contributed by atoms with Crippen molar-refractivity contribution in [3.05, 3.63) is 58.1 Å². The van der Waals surface area contributed by atoms with Crippen LogP contribution < -0.4 is 10.0 Å². The van der Waals surface area contributed by atoms with Crippen molar-refractivity contribution in [2.24, 2.45) is 0 Å². The third-order valence-corrected chi connectivity index (χ3v) is 5.18. The molecule has 0 spiro atoms. The molecule has 0 bridgehead atoms. The van der Waals surface area contributed by atoms with Gasteiger partial charge in [0.05, 0.1) is 15.6 Å². The average molecular weight is 387 g/mol. The van der Waals surface area contributed by atoms with Crippen molar-refractivity contribution in [2.45, 2.75) is 24.8 Å². The molecule has 0 fully saturated rings. The van der Waals surface area contributed by atoms with E-state index in [0.717, 1.165) is 0 Å². The second kappa shape index (κ2) is 7.53. The van der Waals surface area contributed by atoms with Crippen LogP contribution in [-0.2, 0) is 10.0 Å². The molecular formula is C16H16Cl2N2O3S. The third kappa shape index (κ3) is 4.70. The van der Waals surface area contributed by atoms with Crippen molar-refractivity contribution >= 4 is 44.8 Å². The summed E-state index contributed by atoms with van der Waals surface area (Å²) in [7, 11) is -3.68. The highest BCUT2D eigenvalue weighted by Crippen LogP contribution is 2.26. The summed E-state index contributed by atoms with van der Waals surface area (Å²) >= 11 is 11.8. The molecule has 24 heavy (non-hydrogen) atoms. The van der Waals surface area contributed by atoms with E-state index < -0.39 is 15.9 Å². The highest BCUT2D eigenvalue weighted by atomic mass is 35.5. The van der Waals surface area contributed by atoms with Gasteiger partial charge < -0.3 is 5.32 Å². The van der Waals surface area contributed by atoms with Crippen molar-refractivity contribution in [1.29, 1.82) is 0 Å². The Morgan fingerprint density at radius 1 is 1.08 bits per heavy atom. The molecule has 0 saturated carbocycles. The van der Waals surface area contributed by atoms with Gasteiger partial charge in [-0.2, -0.15) is 0 Å². The lowest BCUT2D eigenvalue weighted by atomic mass is 10.2. The molecule has 0 aromatic heterocycles. The summed E-state index contributed by atoms with van der Waals surface area (Å²) in [6, 6.07) is 10.2. The second-order valence-electron chi connectivity index (χ2n) is 5.38. The number of sulfonamides is 1. The lowest BCUT2D eigenvalue weighted by Gasteiger charge is -2.11. The van der Waals surface area contributed by atoms with E-state index in [9.17, 15) is 13.2 Å². The molecule has 2 N–H and O–H groups in total. The molecule has 0 atom stereocenters. The van der Waals surface area contributed by atoms with Crippen LogP contribution in [0.1, 0.15) is 24.2 Å². The van der Waals surface area contributed by atoms with E-state index >= 15 is 0 Å². The summed E-state index contributed by atoms with van der Waals surface area (Å²) in [6.45, 7) is 3.44. The van der Waals surface area contributed by atoms with Crippen LogP contribution in [0.4, 0.5) is 5.69 Å². The number of halogens is 2. The molecule has 2 aromatic carbocycles. The second-order valence-corrected chi connectivity index (χ2v) is 7.94. The maximum Gasteiger partial charge on any atom is 0.255 e. The fourth-order valence-electron chi connectivity index (χ4n) is 1.97. The fraction of sp³-hybridized carbons (Fsp3) is 0.188. The zero-order valence-corrected chi connectivity index (χ0v) is 15.3. The van der Waals surface area contributed by atoms with Crippen LogP contribution in [0.3, 0.4) is 0 Å². The first-order valence-electron chi connectivity index (χ1n) is 7.08. The minimum absolute atomic E-state index is 0.0195. The summed E-state index contributed by atoms with van der Waals surface area (Å²) < 4.78 is 26.8. The van der Waals surface area contributed by atoms with E-state index in [2.05, 4.69) is 10.0 Å². The Hall–Kier alpha value is -1.60. The van der Waals surface area contributed by atoms with E-state index in [-0.39, 0.29) is 16.5 Å². The summed E-state index contributed by atoms with van der Waals surface area (Å²) in [5, 5.41) is 3.37. The molecule has 1 amide bonds. The molecule has 0 aliphatic carbocycles. The fourth-order valence-corrected chi connectivity index (χ4v) is 3.72. The number of carbonyl (C=O) groups excluding carboxylic acids is 1. The maximum absolute atomic E-state index is 12.3. The minimum atomic E-state index is -3.68. The normalized spacial score (nSPS) is 11.5. The number of hydrogen-bond acceptors (Lipinski definition) is 3. The first-order valence-corrected chi connectivity index (χ1v) is 9.32. The number of amides is 1. The minimum Gasteiger partial charge on any atom is -0.321 e. The average Bonchev–Trinajstić information content (AvgIpc) is 2.49. The molecule has 0 radical (unpaired) electrons. The maximum atomic E-state index is 12.3. The Balaban J connectivity index is 2.26. The monoisotopic (exact) mass is 386 g/mol. The van der Waals surface area contributed by atoms with Crippen molar-refractivity contribution in [3.63, 3.8) is 0 Å². The zero-order chi connectivity index (χ0) is 17.9. The van der Waals surface area contributed by atoms with Crippen LogP contribution in [0.2, 0.25) is 10.0 Å². The summed E-state index contributed by atoms with van der Waals surface area (Å²) in [6.07, 6.45) is 0. The topological polar surface area (TPSA) is 75.3 Å². The molecule has 2 rings (SSSR count). The molecular weight excluding hydrogens is 371 g/mol. The largest absolute Gasteiger partial charge is 0.321 e. The predicted octanol–water partition coefficient (Wildman–Crippen LogP) is 3.93. The Morgan fingerprint density at radius 2 is 1.79 bits per heavy atom.